The molecule has 0 N–H and O–H groups in total. The average Bonchev–Trinajstić information content (AvgIpc) is 2.67. The van der Waals surface area contributed by atoms with E-state index in [1.807, 2.05) is 0 Å². The minimum atomic E-state index is -3.20. The SMILES string of the molecule is CC(F)(F)c1cc(F)ccc1-c1ccccc1Oc1ccc(OCCBr)cc1. The fraction of sp³-hybridized carbons (Fsp3) is 0.182. The fourth-order valence-corrected chi connectivity index (χ4v) is 2.94. The number of ether oxygens (including phenoxy) is 2. The molecule has 0 bridgehead atoms. The summed E-state index contributed by atoms with van der Waals surface area (Å²) in [5.74, 6) is -2.28. The lowest BCUT2D eigenvalue weighted by Crippen LogP contribution is -2.09. The highest BCUT2D eigenvalue weighted by atomic mass is 79.9. The Bertz CT molecular complexity index is 937. The number of para-hydroxylation sites is 1. The lowest BCUT2D eigenvalue weighted by Gasteiger charge is -2.18. The number of halogens is 4. The van der Waals surface area contributed by atoms with Gasteiger partial charge in [-0.25, -0.2) is 13.2 Å². The zero-order chi connectivity index (χ0) is 20.1. The van der Waals surface area contributed by atoms with Crippen molar-refractivity contribution in [1.82, 2.24) is 0 Å². The summed E-state index contributed by atoms with van der Waals surface area (Å²) in [6, 6.07) is 17.2. The monoisotopic (exact) mass is 450 g/mol. The quantitative estimate of drug-likeness (QED) is 0.355. The standard InChI is InChI=1S/C22H18BrF3O2/c1-22(25,26)20-14-15(24)6-11-18(20)19-4-2-3-5-21(19)28-17-9-7-16(8-10-17)27-13-12-23/h2-11,14H,12-13H2,1H3. The first kappa shape index (κ1) is 20.3. The second-order valence-electron chi connectivity index (χ2n) is 6.19. The van der Waals surface area contributed by atoms with E-state index in [0.717, 1.165) is 24.4 Å². The number of rotatable bonds is 7. The largest absolute Gasteiger partial charge is 0.493 e. The summed E-state index contributed by atoms with van der Waals surface area (Å²) in [4.78, 5) is 0. The molecule has 0 fully saturated rings. The lowest BCUT2D eigenvalue weighted by molar-refractivity contribution is 0.0178. The van der Waals surface area contributed by atoms with Gasteiger partial charge in [-0.1, -0.05) is 40.2 Å². The molecule has 3 aromatic carbocycles. The molecule has 6 heteroatoms. The molecule has 0 spiro atoms. The highest BCUT2D eigenvalue weighted by Gasteiger charge is 2.29. The van der Waals surface area contributed by atoms with Crippen molar-refractivity contribution in [2.45, 2.75) is 12.8 Å². The maximum absolute atomic E-state index is 14.1. The molecule has 0 unspecified atom stereocenters. The Labute approximate surface area is 170 Å². The summed E-state index contributed by atoms with van der Waals surface area (Å²) >= 11 is 3.29. The van der Waals surface area contributed by atoms with E-state index in [-0.39, 0.29) is 11.1 Å². The Kier molecular flexibility index (Phi) is 6.29. The first-order valence-corrected chi connectivity index (χ1v) is 9.74. The van der Waals surface area contributed by atoms with Crippen LogP contribution in [0.3, 0.4) is 0 Å². The predicted octanol–water partition coefficient (Wildman–Crippen LogP) is 7.17. The van der Waals surface area contributed by atoms with Crippen LogP contribution in [0.4, 0.5) is 13.2 Å². The Morgan fingerprint density at radius 2 is 1.57 bits per heavy atom. The van der Waals surface area contributed by atoms with Gasteiger partial charge in [0.05, 0.1) is 6.61 Å². The minimum absolute atomic E-state index is 0.224. The van der Waals surface area contributed by atoms with E-state index in [2.05, 4.69) is 15.9 Å². The highest BCUT2D eigenvalue weighted by molar-refractivity contribution is 9.09. The summed E-state index contributed by atoms with van der Waals surface area (Å²) in [5.41, 5.74) is 0.294. The molecule has 0 amide bonds. The second-order valence-corrected chi connectivity index (χ2v) is 6.98. The van der Waals surface area contributed by atoms with Crippen LogP contribution in [-0.2, 0) is 5.92 Å². The smallest absolute Gasteiger partial charge is 0.271 e. The predicted molar refractivity (Wildman–Crippen MR) is 107 cm³/mol. The zero-order valence-electron chi connectivity index (χ0n) is 15.1. The Balaban J connectivity index is 1.95. The molecule has 0 aliphatic carbocycles. The van der Waals surface area contributed by atoms with Crippen molar-refractivity contribution in [1.29, 1.82) is 0 Å². The third kappa shape index (κ3) is 4.87. The normalized spacial score (nSPS) is 11.3. The third-order valence-electron chi connectivity index (χ3n) is 4.03. The van der Waals surface area contributed by atoms with Gasteiger partial charge in [0.25, 0.3) is 5.92 Å². The first-order valence-electron chi connectivity index (χ1n) is 8.62. The molecular weight excluding hydrogens is 433 g/mol. The molecule has 0 saturated heterocycles. The topological polar surface area (TPSA) is 18.5 Å². The van der Waals surface area contributed by atoms with Crippen LogP contribution in [0.2, 0.25) is 0 Å². The van der Waals surface area contributed by atoms with E-state index < -0.39 is 11.7 Å². The van der Waals surface area contributed by atoms with Crippen LogP contribution in [0, 0.1) is 5.82 Å². The molecule has 0 heterocycles. The van der Waals surface area contributed by atoms with Crippen LogP contribution in [0.15, 0.2) is 66.7 Å². The van der Waals surface area contributed by atoms with E-state index >= 15 is 0 Å². The molecule has 0 aliphatic rings. The van der Waals surface area contributed by atoms with Crippen LogP contribution in [-0.4, -0.2) is 11.9 Å². The molecule has 28 heavy (non-hydrogen) atoms. The van der Waals surface area contributed by atoms with E-state index in [4.69, 9.17) is 9.47 Å². The maximum Gasteiger partial charge on any atom is 0.271 e. The molecule has 0 radical (unpaired) electrons. The molecule has 0 atom stereocenters. The van der Waals surface area contributed by atoms with Crippen LogP contribution in [0.25, 0.3) is 11.1 Å². The van der Waals surface area contributed by atoms with Crippen LogP contribution in [0.1, 0.15) is 12.5 Å². The summed E-state index contributed by atoms with van der Waals surface area (Å²) in [6.07, 6.45) is 0. The van der Waals surface area contributed by atoms with Gasteiger partial charge in [0.15, 0.2) is 0 Å². The Morgan fingerprint density at radius 3 is 2.25 bits per heavy atom. The van der Waals surface area contributed by atoms with Gasteiger partial charge in [0.2, 0.25) is 0 Å². The molecule has 2 nitrogen and oxygen atoms in total. The van der Waals surface area contributed by atoms with Crippen molar-refractivity contribution >= 4 is 15.9 Å². The minimum Gasteiger partial charge on any atom is -0.493 e. The summed E-state index contributed by atoms with van der Waals surface area (Å²) < 4.78 is 53.1. The third-order valence-corrected chi connectivity index (χ3v) is 4.35. The molecule has 0 aromatic heterocycles. The van der Waals surface area contributed by atoms with Crippen LogP contribution in [0.5, 0.6) is 17.2 Å². The van der Waals surface area contributed by atoms with Crippen molar-refractivity contribution in [3.05, 3.63) is 78.1 Å². The Morgan fingerprint density at radius 1 is 0.893 bits per heavy atom. The van der Waals surface area contributed by atoms with Gasteiger partial charge < -0.3 is 9.47 Å². The van der Waals surface area contributed by atoms with Gasteiger partial charge in [0.1, 0.15) is 23.1 Å². The Hall–Kier alpha value is -2.47. The van der Waals surface area contributed by atoms with Crippen molar-refractivity contribution in [3.8, 4) is 28.4 Å². The number of alkyl halides is 3. The summed E-state index contributed by atoms with van der Waals surface area (Å²) in [7, 11) is 0. The van der Waals surface area contributed by atoms with Gasteiger partial charge >= 0.3 is 0 Å². The maximum atomic E-state index is 14.1. The average molecular weight is 451 g/mol. The van der Waals surface area contributed by atoms with E-state index in [1.54, 1.807) is 48.5 Å². The molecule has 0 aliphatic heterocycles. The van der Waals surface area contributed by atoms with E-state index in [0.29, 0.717) is 29.4 Å². The lowest BCUT2D eigenvalue weighted by atomic mass is 9.95. The van der Waals surface area contributed by atoms with Crippen LogP contribution < -0.4 is 9.47 Å². The molecule has 0 saturated carbocycles. The molecule has 3 rings (SSSR count). The summed E-state index contributed by atoms with van der Waals surface area (Å²) in [5, 5.41) is 0.723. The van der Waals surface area contributed by atoms with Gasteiger partial charge in [-0.2, -0.15) is 0 Å². The van der Waals surface area contributed by atoms with Crippen LogP contribution >= 0.6 is 15.9 Å². The second kappa shape index (κ2) is 8.69. The molecule has 3 aromatic rings. The van der Waals surface area contributed by atoms with Gasteiger partial charge in [0, 0.05) is 23.4 Å². The van der Waals surface area contributed by atoms with Gasteiger partial charge in [-0.15, -0.1) is 0 Å². The highest BCUT2D eigenvalue weighted by Crippen LogP contribution is 2.41. The van der Waals surface area contributed by atoms with Crippen molar-refractivity contribution < 1.29 is 22.6 Å². The fourth-order valence-electron chi connectivity index (χ4n) is 2.78. The number of hydrogen-bond acceptors (Lipinski definition) is 2. The van der Waals surface area contributed by atoms with Gasteiger partial charge in [-0.05, 0) is 48.0 Å². The first-order chi connectivity index (χ1) is 13.4. The summed E-state index contributed by atoms with van der Waals surface area (Å²) in [6.45, 7) is 1.29. The molecular formula is C22H18BrF3O2. The van der Waals surface area contributed by atoms with E-state index in [9.17, 15) is 13.2 Å². The van der Waals surface area contributed by atoms with Crippen molar-refractivity contribution in [2.24, 2.45) is 0 Å². The number of hydrogen-bond donors (Lipinski definition) is 0. The van der Waals surface area contributed by atoms with E-state index in [1.165, 1.54) is 6.07 Å². The number of benzene rings is 3. The van der Waals surface area contributed by atoms with Gasteiger partial charge in [-0.3, -0.25) is 0 Å². The van der Waals surface area contributed by atoms with Crippen molar-refractivity contribution in [2.75, 3.05) is 11.9 Å². The van der Waals surface area contributed by atoms with Crippen molar-refractivity contribution in [3.63, 3.8) is 0 Å². The molecule has 146 valence electrons. The zero-order valence-corrected chi connectivity index (χ0v) is 16.7.